The molecule has 0 aliphatic heterocycles. The number of carbonyl (C=O) groups excluding carboxylic acids is 1. The average molecular weight is 214 g/mol. The number of hydrogen-bond acceptors (Lipinski definition) is 3. The third-order valence-corrected chi connectivity index (χ3v) is 2.54. The SMILES string of the molecule is CC(C)(C)OC(=O)C1CCCC1C(=O)O. The molecular weight excluding hydrogens is 196 g/mol. The van der Waals surface area contributed by atoms with Crippen LogP contribution in [0, 0.1) is 11.8 Å². The highest BCUT2D eigenvalue weighted by Crippen LogP contribution is 2.33. The second-order valence-corrected chi connectivity index (χ2v) is 5.02. The van der Waals surface area contributed by atoms with Crippen molar-refractivity contribution in [2.75, 3.05) is 0 Å². The predicted octanol–water partition coefficient (Wildman–Crippen LogP) is 1.83. The van der Waals surface area contributed by atoms with E-state index in [0.717, 1.165) is 6.42 Å². The van der Waals surface area contributed by atoms with E-state index in [2.05, 4.69) is 0 Å². The van der Waals surface area contributed by atoms with Crippen LogP contribution in [-0.4, -0.2) is 22.6 Å². The molecule has 0 aromatic carbocycles. The third kappa shape index (κ3) is 3.22. The summed E-state index contributed by atoms with van der Waals surface area (Å²) in [6.45, 7) is 5.36. The van der Waals surface area contributed by atoms with Crippen molar-refractivity contribution in [2.24, 2.45) is 11.8 Å². The van der Waals surface area contributed by atoms with Crippen LogP contribution in [-0.2, 0) is 14.3 Å². The summed E-state index contributed by atoms with van der Waals surface area (Å²) >= 11 is 0. The Labute approximate surface area is 89.6 Å². The number of carboxylic acids is 1. The van der Waals surface area contributed by atoms with Crippen LogP contribution in [0.15, 0.2) is 0 Å². The molecule has 4 heteroatoms. The summed E-state index contributed by atoms with van der Waals surface area (Å²) in [5, 5.41) is 8.92. The fourth-order valence-corrected chi connectivity index (χ4v) is 1.92. The van der Waals surface area contributed by atoms with Gasteiger partial charge in [0.25, 0.3) is 0 Å². The van der Waals surface area contributed by atoms with E-state index in [1.807, 2.05) is 0 Å². The number of aliphatic carboxylic acids is 1. The Kier molecular flexibility index (Phi) is 3.37. The first kappa shape index (κ1) is 12.0. The van der Waals surface area contributed by atoms with Gasteiger partial charge < -0.3 is 9.84 Å². The predicted molar refractivity (Wildman–Crippen MR) is 54.3 cm³/mol. The second kappa shape index (κ2) is 4.21. The summed E-state index contributed by atoms with van der Waals surface area (Å²) in [6.07, 6.45) is 2.01. The van der Waals surface area contributed by atoms with Crippen molar-refractivity contribution in [1.29, 1.82) is 0 Å². The number of rotatable bonds is 2. The van der Waals surface area contributed by atoms with Crippen LogP contribution in [0.2, 0.25) is 0 Å². The molecule has 2 atom stereocenters. The van der Waals surface area contributed by atoms with Gasteiger partial charge in [-0.3, -0.25) is 9.59 Å². The summed E-state index contributed by atoms with van der Waals surface area (Å²) in [5.74, 6) is -2.27. The van der Waals surface area contributed by atoms with Crippen molar-refractivity contribution in [3.8, 4) is 0 Å². The minimum Gasteiger partial charge on any atom is -0.481 e. The highest BCUT2D eigenvalue weighted by molar-refractivity contribution is 5.81. The van der Waals surface area contributed by atoms with Gasteiger partial charge in [0.1, 0.15) is 5.60 Å². The number of carboxylic acid groups (broad SMARTS) is 1. The molecule has 0 heterocycles. The van der Waals surface area contributed by atoms with Gasteiger partial charge in [-0.1, -0.05) is 6.42 Å². The van der Waals surface area contributed by atoms with Gasteiger partial charge in [-0.2, -0.15) is 0 Å². The molecule has 86 valence electrons. The maximum Gasteiger partial charge on any atom is 0.310 e. The van der Waals surface area contributed by atoms with Gasteiger partial charge in [0, 0.05) is 0 Å². The van der Waals surface area contributed by atoms with E-state index in [0.29, 0.717) is 12.8 Å². The zero-order valence-corrected chi connectivity index (χ0v) is 9.45. The quantitative estimate of drug-likeness (QED) is 0.712. The number of hydrogen-bond donors (Lipinski definition) is 1. The summed E-state index contributed by atoms with van der Waals surface area (Å²) in [4.78, 5) is 22.6. The molecule has 15 heavy (non-hydrogen) atoms. The normalized spacial score (nSPS) is 26.3. The van der Waals surface area contributed by atoms with Gasteiger partial charge in [-0.15, -0.1) is 0 Å². The van der Waals surface area contributed by atoms with E-state index in [1.54, 1.807) is 20.8 Å². The first-order valence-electron chi connectivity index (χ1n) is 5.27. The lowest BCUT2D eigenvalue weighted by Crippen LogP contribution is -2.32. The Morgan fingerprint density at radius 3 is 2.20 bits per heavy atom. The minimum atomic E-state index is -0.886. The molecule has 0 saturated heterocycles. The summed E-state index contributed by atoms with van der Waals surface area (Å²) in [6, 6.07) is 0. The topological polar surface area (TPSA) is 63.6 Å². The Hall–Kier alpha value is -1.06. The first-order chi connectivity index (χ1) is 6.81. The molecule has 1 aliphatic rings. The largest absolute Gasteiger partial charge is 0.481 e. The molecule has 1 saturated carbocycles. The lowest BCUT2D eigenvalue weighted by molar-refractivity contribution is -0.165. The van der Waals surface area contributed by atoms with E-state index in [-0.39, 0.29) is 5.97 Å². The highest BCUT2D eigenvalue weighted by Gasteiger charge is 2.39. The molecule has 0 amide bonds. The number of carbonyl (C=O) groups is 2. The van der Waals surface area contributed by atoms with Gasteiger partial charge in [0.05, 0.1) is 11.8 Å². The fourth-order valence-electron chi connectivity index (χ4n) is 1.92. The first-order valence-corrected chi connectivity index (χ1v) is 5.27. The standard InChI is InChI=1S/C11H18O4/c1-11(2,3)15-10(14)8-6-4-5-7(8)9(12)13/h7-8H,4-6H2,1-3H3,(H,12,13). The Bertz CT molecular complexity index is 264. The van der Waals surface area contributed by atoms with Crippen LogP contribution in [0.3, 0.4) is 0 Å². The van der Waals surface area contributed by atoms with Crippen LogP contribution >= 0.6 is 0 Å². The number of esters is 1. The highest BCUT2D eigenvalue weighted by atomic mass is 16.6. The molecular formula is C11H18O4. The van der Waals surface area contributed by atoms with Crippen LogP contribution in [0.1, 0.15) is 40.0 Å². The molecule has 1 N–H and O–H groups in total. The van der Waals surface area contributed by atoms with E-state index >= 15 is 0 Å². The Morgan fingerprint density at radius 1 is 1.20 bits per heavy atom. The van der Waals surface area contributed by atoms with Gasteiger partial charge in [0.15, 0.2) is 0 Å². The average Bonchev–Trinajstić information content (AvgIpc) is 2.47. The Balaban J connectivity index is 2.63. The zero-order chi connectivity index (χ0) is 11.6. The molecule has 1 aliphatic carbocycles. The molecule has 0 radical (unpaired) electrons. The Morgan fingerprint density at radius 2 is 1.73 bits per heavy atom. The van der Waals surface area contributed by atoms with Crippen molar-refractivity contribution in [2.45, 2.75) is 45.6 Å². The van der Waals surface area contributed by atoms with Gasteiger partial charge in [-0.25, -0.2) is 0 Å². The minimum absolute atomic E-state index is 0.368. The van der Waals surface area contributed by atoms with Gasteiger partial charge in [-0.05, 0) is 33.6 Å². The summed E-state index contributed by atoms with van der Waals surface area (Å²) in [5.41, 5.74) is -0.539. The molecule has 1 rings (SSSR count). The monoisotopic (exact) mass is 214 g/mol. The smallest absolute Gasteiger partial charge is 0.310 e. The van der Waals surface area contributed by atoms with Crippen molar-refractivity contribution >= 4 is 11.9 Å². The molecule has 1 fully saturated rings. The third-order valence-electron chi connectivity index (χ3n) is 2.54. The molecule has 0 aromatic heterocycles. The number of ether oxygens (including phenoxy) is 1. The van der Waals surface area contributed by atoms with Gasteiger partial charge >= 0.3 is 11.9 Å². The van der Waals surface area contributed by atoms with Crippen LogP contribution in [0.25, 0.3) is 0 Å². The fraction of sp³-hybridized carbons (Fsp3) is 0.818. The van der Waals surface area contributed by atoms with E-state index in [1.165, 1.54) is 0 Å². The van der Waals surface area contributed by atoms with Crippen LogP contribution < -0.4 is 0 Å². The van der Waals surface area contributed by atoms with Crippen molar-refractivity contribution in [3.63, 3.8) is 0 Å². The molecule has 0 spiro atoms. The maximum atomic E-state index is 11.7. The molecule has 0 aromatic rings. The van der Waals surface area contributed by atoms with Crippen LogP contribution in [0.5, 0.6) is 0 Å². The van der Waals surface area contributed by atoms with Crippen LogP contribution in [0.4, 0.5) is 0 Å². The van der Waals surface area contributed by atoms with Crippen molar-refractivity contribution in [3.05, 3.63) is 0 Å². The molecule has 4 nitrogen and oxygen atoms in total. The second-order valence-electron chi connectivity index (χ2n) is 5.02. The van der Waals surface area contributed by atoms with Gasteiger partial charge in [0.2, 0.25) is 0 Å². The molecule has 2 unspecified atom stereocenters. The lowest BCUT2D eigenvalue weighted by atomic mass is 9.96. The van der Waals surface area contributed by atoms with Crippen molar-refractivity contribution in [1.82, 2.24) is 0 Å². The van der Waals surface area contributed by atoms with E-state index in [9.17, 15) is 9.59 Å². The van der Waals surface area contributed by atoms with E-state index in [4.69, 9.17) is 9.84 Å². The summed E-state index contributed by atoms with van der Waals surface area (Å²) < 4.78 is 5.20. The maximum absolute atomic E-state index is 11.7. The lowest BCUT2D eigenvalue weighted by Gasteiger charge is -2.23. The molecule has 0 bridgehead atoms. The summed E-state index contributed by atoms with van der Waals surface area (Å²) in [7, 11) is 0. The zero-order valence-electron chi connectivity index (χ0n) is 9.45. The van der Waals surface area contributed by atoms with Crippen molar-refractivity contribution < 1.29 is 19.4 Å². The van der Waals surface area contributed by atoms with E-state index < -0.39 is 23.4 Å².